The maximum absolute atomic E-state index is 10.5. The van der Waals surface area contributed by atoms with E-state index in [0.717, 1.165) is 22.4 Å². The Balaban J connectivity index is 2.39. The van der Waals surface area contributed by atoms with E-state index in [4.69, 9.17) is 10.5 Å². The normalized spacial score (nSPS) is 14.1. The van der Waals surface area contributed by atoms with Crippen LogP contribution in [0.1, 0.15) is 28.7 Å². The molecule has 2 rings (SSSR count). The fraction of sp³-hybridized carbons (Fsp3) is 0.333. The lowest BCUT2D eigenvalue weighted by Crippen LogP contribution is -2.20. The van der Waals surface area contributed by atoms with Crippen LogP contribution in [0.2, 0.25) is 0 Å². The Morgan fingerprint density at radius 3 is 2.74 bits per heavy atom. The lowest BCUT2D eigenvalue weighted by molar-refractivity contribution is 0.146. The summed E-state index contributed by atoms with van der Waals surface area (Å²) < 4.78 is 5.39. The van der Waals surface area contributed by atoms with Gasteiger partial charge in [-0.15, -0.1) is 0 Å². The first kappa shape index (κ1) is 14.1. The van der Waals surface area contributed by atoms with Gasteiger partial charge in [-0.1, -0.05) is 17.7 Å². The third-order valence-electron chi connectivity index (χ3n) is 3.30. The molecule has 0 spiro atoms. The van der Waals surface area contributed by atoms with Crippen LogP contribution in [0.4, 0.5) is 0 Å². The van der Waals surface area contributed by atoms with Gasteiger partial charge in [0.05, 0.1) is 13.2 Å². The average Bonchev–Trinajstić information content (AvgIpc) is 2.93. The topological polar surface area (TPSA) is 55.5 Å². The van der Waals surface area contributed by atoms with Crippen molar-refractivity contribution in [3.63, 3.8) is 0 Å². The molecular formula is C15H19NO2S. The molecule has 2 unspecified atom stereocenters. The largest absolute Gasteiger partial charge is 0.496 e. The average molecular weight is 277 g/mol. The molecule has 2 atom stereocenters. The molecule has 3 N–H and O–H groups in total. The van der Waals surface area contributed by atoms with Gasteiger partial charge >= 0.3 is 0 Å². The zero-order valence-electron chi connectivity index (χ0n) is 11.2. The Morgan fingerprint density at radius 2 is 2.16 bits per heavy atom. The molecule has 1 aromatic heterocycles. The van der Waals surface area contributed by atoms with Crippen molar-refractivity contribution >= 4 is 11.3 Å². The minimum atomic E-state index is -0.605. The van der Waals surface area contributed by atoms with Crippen molar-refractivity contribution in [2.75, 3.05) is 13.7 Å². The number of aliphatic hydroxyl groups is 1. The Bertz CT molecular complexity index is 525. The van der Waals surface area contributed by atoms with Gasteiger partial charge in [-0.25, -0.2) is 0 Å². The van der Waals surface area contributed by atoms with Crippen LogP contribution in [0.25, 0.3) is 0 Å². The highest BCUT2D eigenvalue weighted by molar-refractivity contribution is 7.07. The third kappa shape index (κ3) is 2.97. The van der Waals surface area contributed by atoms with Gasteiger partial charge < -0.3 is 15.6 Å². The predicted octanol–water partition coefficient (Wildman–Crippen LogP) is 2.84. The second kappa shape index (κ2) is 6.19. The summed E-state index contributed by atoms with van der Waals surface area (Å²) in [6.07, 6.45) is -0.605. The smallest absolute Gasteiger partial charge is 0.122 e. The van der Waals surface area contributed by atoms with Gasteiger partial charge in [0.25, 0.3) is 0 Å². The molecule has 19 heavy (non-hydrogen) atoms. The maximum atomic E-state index is 10.5. The Labute approximate surface area is 117 Å². The molecular weight excluding hydrogens is 258 g/mol. The van der Waals surface area contributed by atoms with Crippen molar-refractivity contribution in [2.45, 2.75) is 18.9 Å². The highest BCUT2D eigenvalue weighted by Crippen LogP contribution is 2.36. The van der Waals surface area contributed by atoms with E-state index in [-0.39, 0.29) is 5.92 Å². The highest BCUT2D eigenvalue weighted by Gasteiger charge is 2.24. The minimum Gasteiger partial charge on any atom is -0.496 e. The van der Waals surface area contributed by atoms with Crippen LogP contribution in [0, 0.1) is 6.92 Å². The number of aliphatic hydroxyl groups excluding tert-OH is 1. The first-order valence-electron chi connectivity index (χ1n) is 6.22. The maximum Gasteiger partial charge on any atom is 0.122 e. The quantitative estimate of drug-likeness (QED) is 0.883. The summed E-state index contributed by atoms with van der Waals surface area (Å²) >= 11 is 1.57. The summed E-state index contributed by atoms with van der Waals surface area (Å²) in [6, 6.07) is 7.88. The standard InChI is InChI=1S/C15H19NO2S/c1-10-3-4-14(18-2)12(7-10)13(8-16)15(17)11-5-6-19-9-11/h3-7,9,13,15,17H,8,16H2,1-2H3. The Kier molecular flexibility index (Phi) is 4.58. The van der Waals surface area contributed by atoms with E-state index in [1.807, 2.05) is 41.9 Å². The molecule has 1 heterocycles. The zero-order valence-corrected chi connectivity index (χ0v) is 12.0. The van der Waals surface area contributed by atoms with E-state index in [2.05, 4.69) is 0 Å². The van der Waals surface area contributed by atoms with Crippen molar-refractivity contribution in [1.82, 2.24) is 0 Å². The molecule has 0 aliphatic rings. The molecule has 0 aliphatic heterocycles. The van der Waals surface area contributed by atoms with Crippen molar-refractivity contribution < 1.29 is 9.84 Å². The summed E-state index contributed by atoms with van der Waals surface area (Å²) in [6.45, 7) is 2.39. The molecule has 0 bridgehead atoms. The third-order valence-corrected chi connectivity index (χ3v) is 4.01. The van der Waals surface area contributed by atoms with E-state index < -0.39 is 6.10 Å². The van der Waals surface area contributed by atoms with Crippen molar-refractivity contribution in [1.29, 1.82) is 0 Å². The van der Waals surface area contributed by atoms with Crippen LogP contribution < -0.4 is 10.5 Å². The van der Waals surface area contributed by atoms with Gasteiger partial charge in [-0.05, 0) is 35.4 Å². The number of rotatable bonds is 5. The van der Waals surface area contributed by atoms with Crippen LogP contribution in [-0.2, 0) is 0 Å². The molecule has 4 heteroatoms. The summed E-state index contributed by atoms with van der Waals surface area (Å²) in [5.74, 6) is 0.611. The van der Waals surface area contributed by atoms with Gasteiger partial charge in [0.1, 0.15) is 5.75 Å². The lowest BCUT2D eigenvalue weighted by Gasteiger charge is -2.23. The van der Waals surface area contributed by atoms with E-state index >= 15 is 0 Å². The second-order valence-electron chi connectivity index (χ2n) is 4.59. The fourth-order valence-corrected chi connectivity index (χ4v) is 2.93. The number of nitrogens with two attached hydrogens (primary N) is 1. The van der Waals surface area contributed by atoms with Gasteiger partial charge in [0.2, 0.25) is 0 Å². The molecule has 0 saturated heterocycles. The fourth-order valence-electron chi connectivity index (χ4n) is 2.25. The molecule has 0 fully saturated rings. The number of thiophene rings is 1. The first-order chi connectivity index (χ1) is 9.17. The number of methoxy groups -OCH3 is 1. The van der Waals surface area contributed by atoms with Gasteiger partial charge in [0, 0.05) is 18.0 Å². The highest BCUT2D eigenvalue weighted by atomic mass is 32.1. The van der Waals surface area contributed by atoms with E-state index in [1.165, 1.54) is 0 Å². The molecule has 0 saturated carbocycles. The van der Waals surface area contributed by atoms with Gasteiger partial charge in [-0.3, -0.25) is 0 Å². The molecule has 102 valence electrons. The monoisotopic (exact) mass is 277 g/mol. The summed E-state index contributed by atoms with van der Waals surface area (Å²) in [7, 11) is 1.64. The molecule has 0 amide bonds. The molecule has 3 nitrogen and oxygen atoms in total. The second-order valence-corrected chi connectivity index (χ2v) is 5.37. The lowest BCUT2D eigenvalue weighted by atomic mass is 9.89. The van der Waals surface area contributed by atoms with Crippen LogP contribution >= 0.6 is 11.3 Å². The zero-order chi connectivity index (χ0) is 13.8. The molecule has 1 aromatic carbocycles. The van der Waals surface area contributed by atoms with Crippen molar-refractivity contribution in [3.8, 4) is 5.75 Å². The van der Waals surface area contributed by atoms with Crippen LogP contribution in [-0.4, -0.2) is 18.8 Å². The molecule has 0 radical (unpaired) electrons. The summed E-state index contributed by atoms with van der Waals surface area (Å²) in [5.41, 5.74) is 8.87. The summed E-state index contributed by atoms with van der Waals surface area (Å²) in [4.78, 5) is 0. The first-order valence-corrected chi connectivity index (χ1v) is 7.16. The summed E-state index contributed by atoms with van der Waals surface area (Å²) in [5, 5.41) is 14.4. The van der Waals surface area contributed by atoms with E-state index in [9.17, 15) is 5.11 Å². The van der Waals surface area contributed by atoms with Gasteiger partial charge in [-0.2, -0.15) is 11.3 Å². The van der Waals surface area contributed by atoms with Crippen LogP contribution in [0.5, 0.6) is 5.75 Å². The van der Waals surface area contributed by atoms with Crippen molar-refractivity contribution in [3.05, 3.63) is 51.7 Å². The minimum absolute atomic E-state index is 0.163. The molecule has 2 aromatic rings. The van der Waals surface area contributed by atoms with E-state index in [1.54, 1.807) is 18.4 Å². The van der Waals surface area contributed by atoms with Crippen molar-refractivity contribution in [2.24, 2.45) is 5.73 Å². The van der Waals surface area contributed by atoms with Crippen LogP contribution in [0.3, 0.4) is 0 Å². The Morgan fingerprint density at radius 1 is 1.37 bits per heavy atom. The van der Waals surface area contributed by atoms with Crippen LogP contribution in [0.15, 0.2) is 35.0 Å². The van der Waals surface area contributed by atoms with Gasteiger partial charge in [0.15, 0.2) is 0 Å². The van der Waals surface area contributed by atoms with E-state index in [0.29, 0.717) is 6.54 Å². The number of hydrogen-bond donors (Lipinski definition) is 2. The Hall–Kier alpha value is -1.36. The number of hydrogen-bond acceptors (Lipinski definition) is 4. The number of benzene rings is 1. The number of ether oxygens (including phenoxy) is 1. The number of aryl methyl sites for hydroxylation is 1. The SMILES string of the molecule is COc1ccc(C)cc1C(CN)C(O)c1ccsc1. The molecule has 0 aliphatic carbocycles. The predicted molar refractivity (Wildman–Crippen MR) is 78.8 cm³/mol.